The number of thiophene rings is 1. The highest BCUT2D eigenvalue weighted by molar-refractivity contribution is 7.16. The molecule has 1 aromatic heterocycles. The van der Waals surface area contributed by atoms with Gasteiger partial charge in [-0.1, -0.05) is 51.4 Å². The van der Waals surface area contributed by atoms with Gasteiger partial charge in [-0.15, -0.1) is 11.3 Å². The molecule has 172 valence electrons. The van der Waals surface area contributed by atoms with Crippen LogP contribution in [0.2, 0.25) is 5.02 Å². The zero-order chi connectivity index (χ0) is 23.3. The Morgan fingerprint density at radius 2 is 1.97 bits per heavy atom. The highest BCUT2D eigenvalue weighted by Crippen LogP contribution is 2.38. The summed E-state index contributed by atoms with van der Waals surface area (Å²) in [5, 5.41) is 18.1. The van der Waals surface area contributed by atoms with Crippen molar-refractivity contribution >= 4 is 33.8 Å². The molecule has 1 aliphatic rings. The Kier molecular flexibility index (Phi) is 8.38. The molecule has 3 rings (SSSR count). The molecular formula is C26H34ClN3OS. The first-order valence-corrected chi connectivity index (χ1v) is 12.8. The second kappa shape index (κ2) is 10.8. The van der Waals surface area contributed by atoms with Gasteiger partial charge in [0.1, 0.15) is 11.1 Å². The number of nitrogens with zero attached hydrogens (tertiary/aromatic N) is 1. The summed E-state index contributed by atoms with van der Waals surface area (Å²) in [5.74, 6) is 0.0293. The van der Waals surface area contributed by atoms with E-state index in [2.05, 4.69) is 42.7 Å². The summed E-state index contributed by atoms with van der Waals surface area (Å²) in [6.07, 6.45) is 5.41. The quantitative estimate of drug-likeness (QED) is 0.447. The number of nitriles is 1. The molecule has 32 heavy (non-hydrogen) atoms. The van der Waals surface area contributed by atoms with Crippen LogP contribution in [-0.4, -0.2) is 18.5 Å². The van der Waals surface area contributed by atoms with Crippen LogP contribution in [0.15, 0.2) is 24.3 Å². The first kappa shape index (κ1) is 24.8. The van der Waals surface area contributed by atoms with E-state index in [0.717, 1.165) is 60.7 Å². The van der Waals surface area contributed by atoms with Crippen molar-refractivity contribution in [2.75, 3.05) is 11.9 Å². The van der Waals surface area contributed by atoms with Gasteiger partial charge < -0.3 is 10.6 Å². The SMILES string of the molecule is CCC(CC)C(=O)Nc1sc2c(c1C#N)CCC(NCC(C)(C)Cc1ccc(Cl)cc1)C2. The van der Waals surface area contributed by atoms with Crippen molar-refractivity contribution in [3.63, 3.8) is 0 Å². The minimum Gasteiger partial charge on any atom is -0.316 e. The zero-order valence-electron chi connectivity index (χ0n) is 19.6. The van der Waals surface area contributed by atoms with Crippen LogP contribution in [0, 0.1) is 22.7 Å². The molecule has 4 nitrogen and oxygen atoms in total. The number of amides is 1. The molecule has 1 heterocycles. The fraction of sp³-hybridized carbons (Fsp3) is 0.538. The van der Waals surface area contributed by atoms with E-state index in [1.165, 1.54) is 10.4 Å². The van der Waals surface area contributed by atoms with Gasteiger partial charge in [0.2, 0.25) is 5.91 Å². The molecule has 0 saturated heterocycles. The molecule has 0 saturated carbocycles. The lowest BCUT2D eigenvalue weighted by atomic mass is 9.84. The third-order valence-corrected chi connectivity index (χ3v) is 7.86. The topological polar surface area (TPSA) is 64.9 Å². The van der Waals surface area contributed by atoms with Crippen LogP contribution in [0.4, 0.5) is 5.00 Å². The third kappa shape index (κ3) is 6.13. The molecular weight excluding hydrogens is 438 g/mol. The van der Waals surface area contributed by atoms with E-state index in [1.807, 2.05) is 26.0 Å². The number of fused-ring (bicyclic) bond motifs is 1. The van der Waals surface area contributed by atoms with E-state index in [9.17, 15) is 10.1 Å². The number of nitrogens with one attached hydrogen (secondary N) is 2. The van der Waals surface area contributed by atoms with Gasteiger partial charge in [-0.2, -0.15) is 5.26 Å². The van der Waals surface area contributed by atoms with Crippen molar-refractivity contribution in [3.8, 4) is 6.07 Å². The molecule has 2 aromatic rings. The van der Waals surface area contributed by atoms with Gasteiger partial charge in [-0.05, 0) is 67.2 Å². The minimum absolute atomic E-state index is 0.00189. The van der Waals surface area contributed by atoms with Crippen LogP contribution in [0.25, 0.3) is 0 Å². The lowest BCUT2D eigenvalue weighted by Gasteiger charge is -2.30. The van der Waals surface area contributed by atoms with Crippen molar-refractivity contribution in [1.82, 2.24) is 5.32 Å². The van der Waals surface area contributed by atoms with Crippen LogP contribution < -0.4 is 10.6 Å². The molecule has 0 spiro atoms. The van der Waals surface area contributed by atoms with E-state index in [-0.39, 0.29) is 17.2 Å². The first-order chi connectivity index (χ1) is 15.3. The molecule has 0 bridgehead atoms. The normalized spacial score (nSPS) is 16.0. The second-order valence-corrected chi connectivity index (χ2v) is 11.2. The van der Waals surface area contributed by atoms with E-state index in [1.54, 1.807) is 11.3 Å². The average Bonchev–Trinajstić information content (AvgIpc) is 3.10. The van der Waals surface area contributed by atoms with Gasteiger partial charge in [0.05, 0.1) is 5.56 Å². The van der Waals surface area contributed by atoms with Crippen LogP contribution >= 0.6 is 22.9 Å². The molecule has 0 aliphatic heterocycles. The molecule has 2 N–H and O–H groups in total. The summed E-state index contributed by atoms with van der Waals surface area (Å²) < 4.78 is 0. The minimum atomic E-state index is -0.00189. The number of hydrogen-bond acceptors (Lipinski definition) is 4. The van der Waals surface area contributed by atoms with E-state index >= 15 is 0 Å². The monoisotopic (exact) mass is 471 g/mol. The molecule has 1 unspecified atom stereocenters. The van der Waals surface area contributed by atoms with Gasteiger partial charge in [-0.3, -0.25) is 4.79 Å². The van der Waals surface area contributed by atoms with Crippen LogP contribution in [0.1, 0.15) is 68.5 Å². The maximum atomic E-state index is 12.6. The lowest BCUT2D eigenvalue weighted by Crippen LogP contribution is -2.40. The molecule has 1 atom stereocenters. The summed E-state index contributed by atoms with van der Waals surface area (Å²) in [4.78, 5) is 13.8. The van der Waals surface area contributed by atoms with Crippen LogP contribution in [0.3, 0.4) is 0 Å². The highest BCUT2D eigenvalue weighted by Gasteiger charge is 2.28. The van der Waals surface area contributed by atoms with Crippen molar-refractivity contribution in [3.05, 3.63) is 50.9 Å². The molecule has 6 heteroatoms. The Hall–Kier alpha value is -1.87. The second-order valence-electron chi connectivity index (χ2n) is 9.61. The molecule has 1 amide bonds. The zero-order valence-corrected chi connectivity index (χ0v) is 21.1. The summed E-state index contributed by atoms with van der Waals surface area (Å²) in [6.45, 7) is 9.55. The van der Waals surface area contributed by atoms with Gasteiger partial charge in [-0.25, -0.2) is 0 Å². The van der Waals surface area contributed by atoms with Crippen molar-refractivity contribution in [2.45, 2.75) is 72.3 Å². The van der Waals surface area contributed by atoms with E-state index in [0.29, 0.717) is 11.6 Å². The standard InChI is InChI=1S/C26H34ClN3OS/c1-5-18(6-2)24(31)30-25-22(15-28)21-12-11-20(13-23(21)32-25)29-16-26(3,4)14-17-7-9-19(27)10-8-17/h7-10,18,20,29H,5-6,11-14,16H2,1-4H3,(H,30,31). The van der Waals surface area contributed by atoms with Gasteiger partial charge in [0.25, 0.3) is 0 Å². The molecule has 0 radical (unpaired) electrons. The largest absolute Gasteiger partial charge is 0.316 e. The molecule has 1 aromatic carbocycles. The van der Waals surface area contributed by atoms with Crippen molar-refractivity contribution in [1.29, 1.82) is 5.26 Å². The number of anilines is 1. The van der Waals surface area contributed by atoms with Gasteiger partial charge in [0.15, 0.2) is 0 Å². The first-order valence-electron chi connectivity index (χ1n) is 11.6. The fourth-order valence-corrected chi connectivity index (χ4v) is 5.88. The predicted octanol–water partition coefficient (Wildman–Crippen LogP) is 6.36. The fourth-order valence-electron chi connectivity index (χ4n) is 4.48. The van der Waals surface area contributed by atoms with Crippen LogP contribution in [0.5, 0.6) is 0 Å². The average molecular weight is 472 g/mol. The van der Waals surface area contributed by atoms with E-state index in [4.69, 9.17) is 11.6 Å². The van der Waals surface area contributed by atoms with Crippen molar-refractivity contribution in [2.24, 2.45) is 11.3 Å². The maximum absolute atomic E-state index is 12.6. The van der Waals surface area contributed by atoms with Crippen LogP contribution in [-0.2, 0) is 24.1 Å². The Labute approximate surface area is 201 Å². The Bertz CT molecular complexity index is 970. The Morgan fingerprint density at radius 3 is 2.59 bits per heavy atom. The van der Waals surface area contributed by atoms with E-state index < -0.39 is 0 Å². The number of rotatable bonds is 9. The molecule has 0 fully saturated rings. The predicted molar refractivity (Wildman–Crippen MR) is 134 cm³/mol. The Balaban J connectivity index is 1.62. The van der Waals surface area contributed by atoms with Gasteiger partial charge in [0, 0.05) is 28.4 Å². The number of hydrogen-bond donors (Lipinski definition) is 2. The summed E-state index contributed by atoms with van der Waals surface area (Å²) >= 11 is 7.60. The molecule has 1 aliphatic carbocycles. The summed E-state index contributed by atoms with van der Waals surface area (Å²) in [5.41, 5.74) is 3.22. The van der Waals surface area contributed by atoms with Crippen molar-refractivity contribution < 1.29 is 4.79 Å². The lowest BCUT2D eigenvalue weighted by molar-refractivity contribution is -0.120. The summed E-state index contributed by atoms with van der Waals surface area (Å²) in [6, 6.07) is 10.8. The number of carbonyl (C=O) groups is 1. The number of benzene rings is 1. The number of halogens is 1. The van der Waals surface area contributed by atoms with Gasteiger partial charge >= 0.3 is 0 Å². The smallest absolute Gasteiger partial charge is 0.228 e. The highest BCUT2D eigenvalue weighted by atomic mass is 35.5. The summed E-state index contributed by atoms with van der Waals surface area (Å²) in [7, 11) is 0. The number of carbonyl (C=O) groups excluding carboxylic acids is 1. The third-order valence-electron chi connectivity index (χ3n) is 6.44. The Morgan fingerprint density at radius 1 is 1.28 bits per heavy atom. The maximum Gasteiger partial charge on any atom is 0.228 e.